The summed E-state index contributed by atoms with van der Waals surface area (Å²) in [5, 5.41) is 0. The zero-order valence-electron chi connectivity index (χ0n) is 17.7. The van der Waals surface area contributed by atoms with Gasteiger partial charge < -0.3 is 14.4 Å². The summed E-state index contributed by atoms with van der Waals surface area (Å²) in [6, 6.07) is 8.42. The van der Waals surface area contributed by atoms with E-state index in [9.17, 15) is 4.79 Å². The van der Waals surface area contributed by atoms with E-state index in [0.29, 0.717) is 13.1 Å². The van der Waals surface area contributed by atoms with Crippen molar-refractivity contribution in [3.8, 4) is 5.75 Å². The normalized spacial score (nSPS) is 19.0. The minimum absolute atomic E-state index is 0.206. The quantitative estimate of drug-likeness (QED) is 0.748. The van der Waals surface area contributed by atoms with Gasteiger partial charge in [0, 0.05) is 39.3 Å². The first-order valence-corrected chi connectivity index (χ1v) is 10.5. The maximum absolute atomic E-state index is 12.2. The summed E-state index contributed by atoms with van der Waals surface area (Å²) < 4.78 is 11.3. The first kappa shape index (κ1) is 20.9. The molecule has 2 fully saturated rings. The Hall–Kier alpha value is -1.79. The Morgan fingerprint density at radius 1 is 0.929 bits per heavy atom. The second-order valence-corrected chi connectivity index (χ2v) is 8.78. The molecular formula is C22H35N3O3. The molecule has 2 heterocycles. The lowest BCUT2D eigenvalue weighted by Gasteiger charge is -2.35. The molecule has 0 unspecified atom stereocenters. The van der Waals surface area contributed by atoms with Crippen LogP contribution in [0.3, 0.4) is 0 Å². The molecule has 0 aromatic heterocycles. The van der Waals surface area contributed by atoms with Gasteiger partial charge >= 0.3 is 6.09 Å². The van der Waals surface area contributed by atoms with Crippen molar-refractivity contribution in [1.82, 2.24) is 14.7 Å². The first-order chi connectivity index (χ1) is 13.4. The van der Waals surface area contributed by atoms with Gasteiger partial charge in [-0.05, 0) is 64.4 Å². The summed E-state index contributed by atoms with van der Waals surface area (Å²) >= 11 is 0. The van der Waals surface area contributed by atoms with E-state index in [2.05, 4.69) is 34.1 Å². The van der Waals surface area contributed by atoms with Gasteiger partial charge in [-0.2, -0.15) is 0 Å². The zero-order valence-corrected chi connectivity index (χ0v) is 17.7. The number of benzene rings is 1. The molecule has 0 atom stereocenters. The van der Waals surface area contributed by atoms with E-state index in [-0.39, 0.29) is 6.09 Å². The fourth-order valence-corrected chi connectivity index (χ4v) is 3.66. The Kier molecular flexibility index (Phi) is 7.18. The third-order valence-electron chi connectivity index (χ3n) is 5.23. The van der Waals surface area contributed by atoms with E-state index in [1.54, 1.807) is 4.90 Å². The van der Waals surface area contributed by atoms with Crippen LogP contribution in [0.1, 0.15) is 39.2 Å². The molecular weight excluding hydrogens is 354 g/mol. The largest absolute Gasteiger partial charge is 0.492 e. The van der Waals surface area contributed by atoms with Crippen LogP contribution in [0.25, 0.3) is 0 Å². The summed E-state index contributed by atoms with van der Waals surface area (Å²) in [5.41, 5.74) is 0.838. The van der Waals surface area contributed by atoms with Gasteiger partial charge in [0.2, 0.25) is 0 Å². The number of hydrogen-bond donors (Lipinski definition) is 0. The van der Waals surface area contributed by atoms with E-state index in [0.717, 1.165) is 38.5 Å². The highest BCUT2D eigenvalue weighted by Crippen LogP contribution is 2.16. The van der Waals surface area contributed by atoms with E-state index < -0.39 is 5.60 Å². The highest BCUT2D eigenvalue weighted by atomic mass is 16.6. The summed E-state index contributed by atoms with van der Waals surface area (Å²) in [7, 11) is 0. The number of ether oxygens (including phenoxy) is 2. The lowest BCUT2D eigenvalue weighted by Crippen LogP contribution is -2.49. The second-order valence-electron chi connectivity index (χ2n) is 8.78. The number of piperazine rings is 1. The minimum Gasteiger partial charge on any atom is -0.492 e. The molecule has 0 saturated carbocycles. The number of nitrogens with zero attached hydrogens (tertiary/aromatic N) is 3. The fourth-order valence-electron chi connectivity index (χ4n) is 3.66. The number of rotatable bonds is 6. The monoisotopic (exact) mass is 389 g/mol. The predicted molar refractivity (Wildman–Crippen MR) is 111 cm³/mol. The fraction of sp³-hybridized carbons (Fsp3) is 0.682. The van der Waals surface area contributed by atoms with Gasteiger partial charge in [0.05, 0.1) is 0 Å². The predicted octanol–water partition coefficient (Wildman–Crippen LogP) is 3.21. The molecule has 1 amide bonds. The number of likely N-dealkylation sites (tertiary alicyclic amines) is 1. The Morgan fingerprint density at radius 2 is 1.57 bits per heavy atom. The Labute approximate surface area is 169 Å². The van der Waals surface area contributed by atoms with Gasteiger partial charge in [0.25, 0.3) is 0 Å². The number of carbonyl (C=O) groups excluding carboxylic acids is 1. The van der Waals surface area contributed by atoms with Gasteiger partial charge in [0.1, 0.15) is 18.0 Å². The Bertz CT molecular complexity index is 613. The van der Waals surface area contributed by atoms with Crippen LogP contribution < -0.4 is 4.74 Å². The summed E-state index contributed by atoms with van der Waals surface area (Å²) in [4.78, 5) is 18.8. The number of amides is 1. The van der Waals surface area contributed by atoms with Crippen LogP contribution in [0.15, 0.2) is 24.3 Å². The smallest absolute Gasteiger partial charge is 0.410 e. The van der Waals surface area contributed by atoms with Crippen molar-refractivity contribution in [2.45, 2.75) is 45.8 Å². The minimum atomic E-state index is -0.438. The summed E-state index contributed by atoms with van der Waals surface area (Å²) in [5.74, 6) is 0.942. The SMILES string of the molecule is CC(C)(C)OC(=O)N1CCN(Cc2ccc(OCCN3CCCC3)cc2)CC1. The van der Waals surface area contributed by atoms with Crippen LogP contribution >= 0.6 is 0 Å². The van der Waals surface area contributed by atoms with E-state index in [1.165, 1.54) is 31.5 Å². The molecule has 2 aliphatic rings. The lowest BCUT2D eigenvalue weighted by molar-refractivity contribution is 0.0139. The molecule has 6 heteroatoms. The summed E-state index contributed by atoms with van der Waals surface area (Å²) in [6.45, 7) is 14.0. The summed E-state index contributed by atoms with van der Waals surface area (Å²) in [6.07, 6.45) is 2.43. The van der Waals surface area contributed by atoms with Crippen molar-refractivity contribution in [3.63, 3.8) is 0 Å². The van der Waals surface area contributed by atoms with Gasteiger partial charge in [-0.3, -0.25) is 9.80 Å². The topological polar surface area (TPSA) is 45.3 Å². The number of hydrogen-bond acceptors (Lipinski definition) is 5. The van der Waals surface area contributed by atoms with Gasteiger partial charge in [0.15, 0.2) is 0 Å². The van der Waals surface area contributed by atoms with Crippen molar-refractivity contribution in [2.75, 3.05) is 52.4 Å². The average Bonchev–Trinajstić information content (AvgIpc) is 3.16. The molecule has 1 aromatic carbocycles. The second kappa shape index (κ2) is 9.61. The van der Waals surface area contributed by atoms with Crippen LogP contribution in [0.2, 0.25) is 0 Å². The maximum atomic E-state index is 12.2. The van der Waals surface area contributed by atoms with E-state index in [1.807, 2.05) is 20.8 Å². The van der Waals surface area contributed by atoms with Crippen LogP contribution in [0, 0.1) is 0 Å². The molecule has 6 nitrogen and oxygen atoms in total. The molecule has 1 aromatic rings. The molecule has 0 bridgehead atoms. The van der Waals surface area contributed by atoms with Gasteiger partial charge in [-0.25, -0.2) is 4.79 Å². The molecule has 2 saturated heterocycles. The maximum Gasteiger partial charge on any atom is 0.410 e. The first-order valence-electron chi connectivity index (χ1n) is 10.5. The van der Waals surface area contributed by atoms with Crippen molar-refractivity contribution in [2.24, 2.45) is 0 Å². The lowest BCUT2D eigenvalue weighted by atomic mass is 10.2. The highest BCUT2D eigenvalue weighted by Gasteiger charge is 2.25. The third kappa shape index (κ3) is 6.67. The van der Waals surface area contributed by atoms with Crippen molar-refractivity contribution in [1.29, 1.82) is 0 Å². The van der Waals surface area contributed by atoms with Crippen LogP contribution in [-0.2, 0) is 11.3 Å². The Morgan fingerprint density at radius 3 is 2.18 bits per heavy atom. The molecule has 3 rings (SSSR count). The van der Waals surface area contributed by atoms with E-state index in [4.69, 9.17) is 9.47 Å². The molecule has 0 aliphatic carbocycles. The van der Waals surface area contributed by atoms with Crippen LogP contribution in [-0.4, -0.2) is 78.8 Å². The third-order valence-corrected chi connectivity index (χ3v) is 5.23. The molecule has 156 valence electrons. The average molecular weight is 390 g/mol. The van der Waals surface area contributed by atoms with Crippen LogP contribution in [0.4, 0.5) is 4.79 Å². The molecule has 0 N–H and O–H groups in total. The molecule has 0 radical (unpaired) electrons. The molecule has 2 aliphatic heterocycles. The molecule has 0 spiro atoms. The van der Waals surface area contributed by atoms with Crippen molar-refractivity contribution < 1.29 is 14.3 Å². The number of carbonyl (C=O) groups is 1. The molecule has 28 heavy (non-hydrogen) atoms. The zero-order chi connectivity index (χ0) is 20.0. The Balaban J connectivity index is 1.37. The van der Waals surface area contributed by atoms with Gasteiger partial charge in [-0.15, -0.1) is 0 Å². The van der Waals surface area contributed by atoms with Crippen molar-refractivity contribution in [3.05, 3.63) is 29.8 Å². The van der Waals surface area contributed by atoms with E-state index >= 15 is 0 Å². The van der Waals surface area contributed by atoms with Crippen molar-refractivity contribution >= 4 is 6.09 Å². The van der Waals surface area contributed by atoms with Gasteiger partial charge in [-0.1, -0.05) is 12.1 Å². The highest BCUT2D eigenvalue weighted by molar-refractivity contribution is 5.68. The standard InChI is InChI=1S/C22H35N3O3/c1-22(2,3)28-21(26)25-14-12-24(13-15-25)18-19-6-8-20(9-7-19)27-17-16-23-10-4-5-11-23/h6-9H,4-5,10-18H2,1-3H3. The van der Waals surface area contributed by atoms with Crippen LogP contribution in [0.5, 0.6) is 5.75 Å².